The van der Waals surface area contributed by atoms with Crippen LogP contribution in [-0.2, 0) is 0 Å². The molecule has 1 saturated heterocycles. The lowest BCUT2D eigenvalue weighted by atomic mass is 9.82. The first kappa shape index (κ1) is 14.3. The van der Waals surface area contributed by atoms with Gasteiger partial charge in [-0.05, 0) is 37.6 Å². The minimum Gasteiger partial charge on any atom is -0.304 e. The number of rotatable bonds is 3. The van der Waals surface area contributed by atoms with Crippen LogP contribution in [0.1, 0.15) is 46.5 Å². The van der Waals surface area contributed by atoms with Crippen LogP contribution in [-0.4, -0.2) is 49.1 Å². The van der Waals surface area contributed by atoms with Crippen molar-refractivity contribution in [2.24, 2.45) is 17.8 Å². The van der Waals surface area contributed by atoms with Gasteiger partial charge in [0.05, 0.1) is 0 Å². The Kier molecular flexibility index (Phi) is 5.08. The average molecular weight is 252 g/mol. The summed E-state index contributed by atoms with van der Waals surface area (Å²) in [5.74, 6) is 2.75. The Hall–Kier alpha value is -0.0800. The fraction of sp³-hybridized carbons (Fsp3) is 1.00. The number of hydrogen-bond donors (Lipinski definition) is 0. The average Bonchev–Trinajstić information content (AvgIpc) is 2.34. The van der Waals surface area contributed by atoms with Crippen molar-refractivity contribution in [2.45, 2.75) is 52.5 Å². The maximum atomic E-state index is 2.80. The third-order valence-electron chi connectivity index (χ3n) is 5.13. The van der Waals surface area contributed by atoms with E-state index in [1.54, 1.807) is 0 Å². The molecule has 0 aromatic heterocycles. The lowest BCUT2D eigenvalue weighted by Gasteiger charge is -2.44. The Labute approximate surface area is 114 Å². The van der Waals surface area contributed by atoms with E-state index in [1.807, 2.05) is 0 Å². The first-order chi connectivity index (χ1) is 8.56. The van der Waals surface area contributed by atoms with E-state index in [-0.39, 0.29) is 0 Å². The van der Waals surface area contributed by atoms with E-state index in [9.17, 15) is 0 Å². The molecule has 2 aliphatic rings. The van der Waals surface area contributed by atoms with Crippen LogP contribution < -0.4 is 0 Å². The van der Waals surface area contributed by atoms with Crippen molar-refractivity contribution in [2.75, 3.05) is 33.2 Å². The molecule has 0 radical (unpaired) electrons. The van der Waals surface area contributed by atoms with E-state index < -0.39 is 0 Å². The summed E-state index contributed by atoms with van der Waals surface area (Å²) >= 11 is 0. The molecule has 1 aliphatic carbocycles. The first-order valence-electron chi connectivity index (χ1n) is 7.99. The molecule has 2 nitrogen and oxygen atoms in total. The van der Waals surface area contributed by atoms with Crippen LogP contribution in [0, 0.1) is 17.8 Å². The molecule has 0 aromatic rings. The van der Waals surface area contributed by atoms with Crippen molar-refractivity contribution in [3.8, 4) is 0 Å². The van der Waals surface area contributed by atoms with Crippen LogP contribution in [0.5, 0.6) is 0 Å². The predicted octanol–water partition coefficient (Wildman–Crippen LogP) is 3.08. The molecule has 0 bridgehead atoms. The Bertz CT molecular complexity index is 243. The summed E-state index contributed by atoms with van der Waals surface area (Å²) in [5.41, 5.74) is 0. The molecule has 1 saturated carbocycles. The molecule has 18 heavy (non-hydrogen) atoms. The molecular formula is C16H32N2. The van der Waals surface area contributed by atoms with Gasteiger partial charge in [0, 0.05) is 32.2 Å². The van der Waals surface area contributed by atoms with Gasteiger partial charge in [0.2, 0.25) is 0 Å². The van der Waals surface area contributed by atoms with E-state index >= 15 is 0 Å². The second-order valence-corrected chi connectivity index (χ2v) is 7.19. The molecule has 0 spiro atoms. The van der Waals surface area contributed by atoms with Gasteiger partial charge >= 0.3 is 0 Å². The maximum absolute atomic E-state index is 2.80. The Morgan fingerprint density at radius 1 is 1.06 bits per heavy atom. The van der Waals surface area contributed by atoms with E-state index in [1.165, 1.54) is 51.9 Å². The van der Waals surface area contributed by atoms with E-state index in [0.717, 1.165) is 23.8 Å². The third kappa shape index (κ3) is 3.71. The second kappa shape index (κ2) is 6.38. The molecule has 1 unspecified atom stereocenters. The lowest BCUT2D eigenvalue weighted by Crippen LogP contribution is -2.55. The van der Waals surface area contributed by atoms with E-state index in [0.29, 0.717) is 0 Å². The summed E-state index contributed by atoms with van der Waals surface area (Å²) in [4.78, 5) is 5.30. The zero-order valence-electron chi connectivity index (χ0n) is 12.9. The molecule has 2 heteroatoms. The zero-order chi connectivity index (χ0) is 13.1. The van der Waals surface area contributed by atoms with Crippen LogP contribution >= 0.6 is 0 Å². The second-order valence-electron chi connectivity index (χ2n) is 7.19. The van der Waals surface area contributed by atoms with Crippen molar-refractivity contribution in [1.29, 1.82) is 0 Å². The fourth-order valence-electron chi connectivity index (χ4n) is 3.69. The van der Waals surface area contributed by atoms with Gasteiger partial charge in [0.15, 0.2) is 0 Å². The van der Waals surface area contributed by atoms with Crippen LogP contribution in [0.2, 0.25) is 0 Å². The van der Waals surface area contributed by atoms with E-state index in [2.05, 4.69) is 37.6 Å². The van der Waals surface area contributed by atoms with Crippen molar-refractivity contribution in [1.82, 2.24) is 9.80 Å². The molecule has 1 heterocycles. The van der Waals surface area contributed by atoms with Gasteiger partial charge in [-0.25, -0.2) is 0 Å². The van der Waals surface area contributed by atoms with Crippen LogP contribution in [0.3, 0.4) is 0 Å². The van der Waals surface area contributed by atoms with Crippen molar-refractivity contribution in [3.63, 3.8) is 0 Å². The SMILES string of the molecule is CC1CCC(CN2CCN(C)CC2C(C)C)CC1. The molecule has 1 atom stereocenters. The molecule has 0 aromatic carbocycles. The van der Waals surface area contributed by atoms with Crippen LogP contribution in [0.4, 0.5) is 0 Å². The van der Waals surface area contributed by atoms with Gasteiger partial charge in [-0.15, -0.1) is 0 Å². The normalized spacial score (nSPS) is 36.2. The molecule has 1 aliphatic heterocycles. The largest absolute Gasteiger partial charge is 0.304 e. The van der Waals surface area contributed by atoms with E-state index in [4.69, 9.17) is 0 Å². The molecule has 2 fully saturated rings. The van der Waals surface area contributed by atoms with Crippen molar-refractivity contribution < 1.29 is 0 Å². The molecule has 0 amide bonds. The minimum absolute atomic E-state index is 0.781. The fourth-order valence-corrected chi connectivity index (χ4v) is 3.69. The summed E-state index contributed by atoms with van der Waals surface area (Å²) in [6.07, 6.45) is 5.87. The number of hydrogen-bond acceptors (Lipinski definition) is 2. The topological polar surface area (TPSA) is 6.48 Å². The molecule has 106 valence electrons. The van der Waals surface area contributed by atoms with Gasteiger partial charge in [-0.2, -0.15) is 0 Å². The number of likely N-dealkylation sites (N-methyl/N-ethyl adjacent to an activating group) is 1. The smallest absolute Gasteiger partial charge is 0.0246 e. The highest BCUT2D eigenvalue weighted by molar-refractivity contribution is 4.85. The summed E-state index contributed by atoms with van der Waals surface area (Å²) in [5, 5.41) is 0. The lowest BCUT2D eigenvalue weighted by molar-refractivity contribution is 0.0432. The number of nitrogens with zero attached hydrogens (tertiary/aromatic N) is 2. The summed E-state index contributed by atoms with van der Waals surface area (Å²) in [6, 6.07) is 0.781. The van der Waals surface area contributed by atoms with Crippen molar-refractivity contribution >= 4 is 0 Å². The predicted molar refractivity (Wildman–Crippen MR) is 78.8 cm³/mol. The van der Waals surface area contributed by atoms with Gasteiger partial charge in [-0.3, -0.25) is 4.90 Å². The van der Waals surface area contributed by atoms with Crippen molar-refractivity contribution in [3.05, 3.63) is 0 Å². The zero-order valence-corrected chi connectivity index (χ0v) is 12.9. The molecule has 0 N–H and O–H groups in total. The third-order valence-corrected chi connectivity index (χ3v) is 5.13. The standard InChI is InChI=1S/C16H32N2/c1-13(2)16-12-17(4)9-10-18(16)11-15-7-5-14(3)6-8-15/h13-16H,5-12H2,1-4H3. The summed E-state index contributed by atoms with van der Waals surface area (Å²) in [7, 11) is 2.27. The quantitative estimate of drug-likeness (QED) is 0.761. The maximum Gasteiger partial charge on any atom is 0.0246 e. The summed E-state index contributed by atoms with van der Waals surface area (Å²) < 4.78 is 0. The summed E-state index contributed by atoms with van der Waals surface area (Å²) in [6.45, 7) is 12.4. The first-order valence-corrected chi connectivity index (χ1v) is 7.99. The van der Waals surface area contributed by atoms with Gasteiger partial charge < -0.3 is 4.90 Å². The molecular weight excluding hydrogens is 220 g/mol. The monoisotopic (exact) mass is 252 g/mol. The highest BCUT2D eigenvalue weighted by atomic mass is 15.3. The Morgan fingerprint density at radius 2 is 1.72 bits per heavy atom. The highest BCUT2D eigenvalue weighted by Crippen LogP contribution is 2.30. The van der Waals surface area contributed by atoms with Crippen LogP contribution in [0.15, 0.2) is 0 Å². The van der Waals surface area contributed by atoms with Gasteiger partial charge in [0.1, 0.15) is 0 Å². The van der Waals surface area contributed by atoms with Gasteiger partial charge in [-0.1, -0.05) is 33.6 Å². The van der Waals surface area contributed by atoms with Gasteiger partial charge in [0.25, 0.3) is 0 Å². The molecule has 2 rings (SSSR count). The Balaban J connectivity index is 1.86. The number of piperazine rings is 1. The minimum atomic E-state index is 0.781. The highest BCUT2D eigenvalue weighted by Gasteiger charge is 2.30. The Morgan fingerprint density at radius 3 is 2.33 bits per heavy atom. The van der Waals surface area contributed by atoms with Crippen LogP contribution in [0.25, 0.3) is 0 Å².